The van der Waals surface area contributed by atoms with Gasteiger partial charge >= 0.3 is 24.4 Å². The zero-order chi connectivity index (χ0) is 28.6. The second-order valence-corrected chi connectivity index (χ2v) is 11.0. The molecule has 1 unspecified atom stereocenters. The molecular weight excluding hydrogens is 556 g/mol. The van der Waals surface area contributed by atoms with Crippen molar-refractivity contribution in [1.82, 2.24) is 14.7 Å². The molecule has 3 aliphatic heterocycles. The number of likely N-dealkylation sites (tertiary alicyclic amines) is 3. The number of rotatable bonds is 6. The van der Waals surface area contributed by atoms with Gasteiger partial charge < -0.3 is 14.7 Å². The fourth-order valence-corrected chi connectivity index (χ4v) is 6.24. The molecule has 14 heteroatoms. The van der Waals surface area contributed by atoms with E-state index < -0.39 is 30.5 Å². The molecule has 3 saturated heterocycles. The summed E-state index contributed by atoms with van der Waals surface area (Å²) in [6.45, 7) is 2.98. The summed E-state index contributed by atoms with van der Waals surface area (Å²) >= 11 is 6.39. The number of carboxylic acids is 1. The number of hydrogen-bond donors (Lipinski definition) is 1. The van der Waals surface area contributed by atoms with E-state index in [4.69, 9.17) is 11.6 Å². The fraction of sp³-hybridized carbons (Fsp3) is 0.680. The third kappa shape index (κ3) is 7.10. The zero-order valence-corrected chi connectivity index (χ0v) is 21.8. The zero-order valence-electron chi connectivity index (χ0n) is 21.0. The number of ether oxygens (including phenoxy) is 1. The molecule has 0 aliphatic carbocycles. The molecule has 1 amide bonds. The number of carboxylic acid groups (broad SMARTS) is 1. The molecule has 0 saturated carbocycles. The van der Waals surface area contributed by atoms with Crippen LogP contribution in [0.3, 0.4) is 0 Å². The topological polar surface area (TPSA) is 73.3 Å². The Bertz CT molecular complexity index is 1050. The molecule has 1 spiro atoms. The lowest BCUT2D eigenvalue weighted by atomic mass is 9.85. The lowest BCUT2D eigenvalue weighted by Crippen LogP contribution is -2.54. The predicted molar refractivity (Wildman–Crippen MR) is 128 cm³/mol. The lowest BCUT2D eigenvalue weighted by molar-refractivity contribution is -0.308. The first-order chi connectivity index (χ1) is 18.2. The molecule has 3 fully saturated rings. The SMILES string of the molecule is O=C(O)C1CCN(Cc2cc(Cl)cc(CN3CCCC34CCN(C(=O)OC(C(F)(F)F)C(F)(F)F)CC4)c2)C1. The Morgan fingerprint density at radius 3 is 2.15 bits per heavy atom. The van der Waals surface area contributed by atoms with E-state index in [1.807, 2.05) is 18.2 Å². The highest BCUT2D eigenvalue weighted by molar-refractivity contribution is 6.30. The van der Waals surface area contributed by atoms with Crippen LogP contribution in [0.5, 0.6) is 0 Å². The van der Waals surface area contributed by atoms with Crippen LogP contribution < -0.4 is 0 Å². The molecule has 1 aromatic rings. The number of halogens is 7. The summed E-state index contributed by atoms with van der Waals surface area (Å²) in [5, 5.41) is 9.79. The van der Waals surface area contributed by atoms with Crippen molar-refractivity contribution in [2.75, 3.05) is 32.7 Å². The van der Waals surface area contributed by atoms with Crippen molar-refractivity contribution in [1.29, 1.82) is 0 Å². The van der Waals surface area contributed by atoms with Crippen molar-refractivity contribution in [2.45, 2.75) is 69.2 Å². The van der Waals surface area contributed by atoms with Gasteiger partial charge in [-0.15, -0.1) is 0 Å². The molecule has 3 heterocycles. The van der Waals surface area contributed by atoms with Crippen LogP contribution in [0.25, 0.3) is 0 Å². The summed E-state index contributed by atoms with van der Waals surface area (Å²) in [7, 11) is 0. The first-order valence-electron chi connectivity index (χ1n) is 12.7. The maximum absolute atomic E-state index is 12.8. The van der Waals surface area contributed by atoms with Crippen LogP contribution in [0.2, 0.25) is 5.02 Å². The molecule has 3 aliphatic rings. The van der Waals surface area contributed by atoms with Crippen molar-refractivity contribution in [3.05, 3.63) is 34.3 Å². The van der Waals surface area contributed by atoms with Crippen molar-refractivity contribution < 1.29 is 45.8 Å². The fourth-order valence-electron chi connectivity index (χ4n) is 5.96. The normalized spacial score (nSPS) is 22.7. The minimum absolute atomic E-state index is 0.0156. The van der Waals surface area contributed by atoms with E-state index in [0.717, 1.165) is 35.4 Å². The van der Waals surface area contributed by atoms with Crippen LogP contribution in [-0.2, 0) is 22.6 Å². The van der Waals surface area contributed by atoms with Gasteiger partial charge in [-0.3, -0.25) is 14.6 Å². The van der Waals surface area contributed by atoms with Crippen LogP contribution in [-0.4, -0.2) is 88.6 Å². The number of benzene rings is 1. The number of aliphatic carboxylic acids is 1. The predicted octanol–water partition coefficient (Wildman–Crippen LogP) is 5.31. The van der Waals surface area contributed by atoms with E-state index in [1.165, 1.54) is 0 Å². The van der Waals surface area contributed by atoms with Gasteiger partial charge in [-0.2, -0.15) is 26.3 Å². The molecule has 0 aromatic heterocycles. The first-order valence-corrected chi connectivity index (χ1v) is 13.1. The quantitative estimate of drug-likeness (QED) is 0.457. The molecular formula is C25H30ClF6N3O4. The van der Waals surface area contributed by atoms with E-state index in [2.05, 4.69) is 14.5 Å². The second kappa shape index (κ2) is 11.3. The standard InChI is InChI=1S/C25H30ClF6N3O4/c26-19-11-16(13-33-7-2-18(15-33)20(36)37)10-17(12-19)14-35-6-1-3-23(35)4-8-34(9-5-23)22(38)39-21(24(27,28)29)25(30,31)32/h10-12,18,21H,1-9,13-15H2,(H,36,37). The van der Waals surface area contributed by atoms with Crippen LogP contribution in [0.4, 0.5) is 31.1 Å². The van der Waals surface area contributed by atoms with Crippen molar-refractivity contribution in [3.8, 4) is 0 Å². The van der Waals surface area contributed by atoms with Gasteiger partial charge in [-0.1, -0.05) is 17.7 Å². The van der Waals surface area contributed by atoms with Gasteiger partial charge in [0.15, 0.2) is 0 Å². The van der Waals surface area contributed by atoms with Crippen LogP contribution in [0.15, 0.2) is 18.2 Å². The van der Waals surface area contributed by atoms with Crippen molar-refractivity contribution >= 4 is 23.7 Å². The summed E-state index contributed by atoms with van der Waals surface area (Å²) < 4.78 is 80.7. The Morgan fingerprint density at radius 1 is 0.974 bits per heavy atom. The third-order valence-corrected chi connectivity index (χ3v) is 8.14. The molecule has 7 nitrogen and oxygen atoms in total. The molecule has 1 N–H and O–H groups in total. The molecule has 218 valence electrons. The minimum Gasteiger partial charge on any atom is -0.481 e. The number of hydrogen-bond acceptors (Lipinski definition) is 5. The highest BCUT2D eigenvalue weighted by Gasteiger charge is 2.60. The van der Waals surface area contributed by atoms with E-state index >= 15 is 0 Å². The number of carbonyl (C=O) groups excluding carboxylic acids is 1. The highest BCUT2D eigenvalue weighted by atomic mass is 35.5. The van der Waals surface area contributed by atoms with E-state index in [9.17, 15) is 41.0 Å². The summed E-state index contributed by atoms with van der Waals surface area (Å²) in [6, 6.07) is 5.72. The maximum Gasteiger partial charge on any atom is 0.434 e. The minimum atomic E-state index is -5.75. The van der Waals surface area contributed by atoms with E-state index in [0.29, 0.717) is 50.5 Å². The van der Waals surface area contributed by atoms with Gasteiger partial charge in [0.2, 0.25) is 0 Å². The third-order valence-electron chi connectivity index (χ3n) is 7.93. The Hall–Kier alpha value is -2.25. The van der Waals surface area contributed by atoms with E-state index in [-0.39, 0.29) is 24.5 Å². The molecule has 4 rings (SSSR count). The Morgan fingerprint density at radius 2 is 1.59 bits per heavy atom. The molecule has 39 heavy (non-hydrogen) atoms. The van der Waals surface area contributed by atoms with Crippen molar-refractivity contribution in [3.63, 3.8) is 0 Å². The van der Waals surface area contributed by atoms with Crippen LogP contribution >= 0.6 is 11.6 Å². The summed E-state index contributed by atoms with van der Waals surface area (Å²) in [5.41, 5.74) is 1.57. The van der Waals surface area contributed by atoms with Gasteiger partial charge in [-0.25, -0.2) is 4.79 Å². The number of piperidine rings is 1. The second-order valence-electron chi connectivity index (χ2n) is 10.6. The number of carbonyl (C=O) groups is 2. The summed E-state index contributed by atoms with van der Waals surface area (Å²) in [6.07, 6.45) is -14.3. The smallest absolute Gasteiger partial charge is 0.434 e. The van der Waals surface area contributed by atoms with E-state index in [1.54, 1.807) is 0 Å². The van der Waals surface area contributed by atoms with Gasteiger partial charge in [0.25, 0.3) is 6.10 Å². The number of amides is 1. The average molecular weight is 586 g/mol. The van der Waals surface area contributed by atoms with Crippen LogP contribution in [0, 0.1) is 5.92 Å². The number of nitrogens with zero attached hydrogens (tertiary/aromatic N) is 3. The van der Waals surface area contributed by atoms with Gasteiger partial charge in [0.05, 0.1) is 5.92 Å². The average Bonchev–Trinajstić information content (AvgIpc) is 3.43. The molecule has 0 radical (unpaired) electrons. The van der Waals surface area contributed by atoms with Gasteiger partial charge in [0.1, 0.15) is 0 Å². The Labute approximate surface area is 226 Å². The molecule has 1 atom stereocenters. The summed E-state index contributed by atoms with van der Waals surface area (Å²) in [4.78, 5) is 28.7. The largest absolute Gasteiger partial charge is 0.481 e. The first kappa shape index (κ1) is 29.7. The maximum atomic E-state index is 12.8. The summed E-state index contributed by atoms with van der Waals surface area (Å²) in [5.74, 6) is -1.19. The van der Waals surface area contributed by atoms with Crippen molar-refractivity contribution in [2.24, 2.45) is 5.92 Å². The highest BCUT2D eigenvalue weighted by Crippen LogP contribution is 2.41. The van der Waals surface area contributed by atoms with Gasteiger partial charge in [0, 0.05) is 43.3 Å². The molecule has 0 bridgehead atoms. The number of alkyl halides is 6. The van der Waals surface area contributed by atoms with Crippen LogP contribution in [0.1, 0.15) is 43.2 Å². The monoisotopic (exact) mass is 585 g/mol. The lowest BCUT2D eigenvalue weighted by Gasteiger charge is -2.45. The Kier molecular flexibility index (Phi) is 8.63. The molecule has 1 aromatic carbocycles. The Balaban J connectivity index is 1.37. The van der Waals surface area contributed by atoms with Gasteiger partial charge in [-0.05, 0) is 68.5 Å².